The highest BCUT2D eigenvalue weighted by atomic mass is 19.2. The zero-order chi connectivity index (χ0) is 14.7. The first-order valence-electron chi connectivity index (χ1n) is 6.04. The molecule has 0 spiro atoms. The average Bonchev–Trinajstić information content (AvgIpc) is 2.72. The van der Waals surface area contributed by atoms with Crippen molar-refractivity contribution < 1.29 is 8.78 Å². The maximum absolute atomic E-state index is 13.2. The molecular formula is C13H15F2N5. The fourth-order valence-corrected chi connectivity index (χ4v) is 2.09. The smallest absolute Gasteiger partial charge is 0.218 e. The highest BCUT2D eigenvalue weighted by molar-refractivity contribution is 5.92. The molecule has 0 aliphatic heterocycles. The molecule has 2 rings (SSSR count). The van der Waals surface area contributed by atoms with E-state index in [1.807, 2.05) is 6.08 Å². The number of hydrogen-bond acceptors (Lipinski definition) is 1. The standard InChI is InChI=1S/C13H15F2N5/c14-10-5-8-2-1-7(9(8)6-11(10)15)3-4-19-13(18)20-12(16)17/h1,5-6H,2-4H2,(H6,16,17,18,19,20). The van der Waals surface area contributed by atoms with Crippen LogP contribution in [0.15, 0.2) is 28.2 Å². The van der Waals surface area contributed by atoms with Gasteiger partial charge < -0.3 is 17.2 Å². The molecule has 0 atom stereocenters. The number of rotatable bonds is 3. The van der Waals surface area contributed by atoms with Crippen LogP contribution in [-0.4, -0.2) is 18.5 Å². The van der Waals surface area contributed by atoms with Crippen molar-refractivity contribution in [2.45, 2.75) is 12.8 Å². The normalized spacial score (nSPS) is 13.9. The van der Waals surface area contributed by atoms with Crippen molar-refractivity contribution in [2.24, 2.45) is 27.2 Å². The Morgan fingerprint density at radius 3 is 2.55 bits per heavy atom. The minimum atomic E-state index is -0.847. The summed E-state index contributed by atoms with van der Waals surface area (Å²) in [4.78, 5) is 7.56. The number of nitrogens with zero attached hydrogens (tertiary/aromatic N) is 2. The molecular weight excluding hydrogens is 264 g/mol. The Morgan fingerprint density at radius 2 is 1.85 bits per heavy atom. The number of hydrogen-bond donors (Lipinski definition) is 3. The maximum Gasteiger partial charge on any atom is 0.218 e. The van der Waals surface area contributed by atoms with E-state index in [0.717, 1.165) is 16.7 Å². The summed E-state index contributed by atoms with van der Waals surface area (Å²) in [7, 11) is 0. The summed E-state index contributed by atoms with van der Waals surface area (Å²) in [6.07, 6.45) is 3.07. The first kappa shape index (κ1) is 14.0. The van der Waals surface area contributed by atoms with E-state index in [1.54, 1.807) is 0 Å². The lowest BCUT2D eigenvalue weighted by atomic mass is 10.0. The third-order valence-corrected chi connectivity index (χ3v) is 2.96. The van der Waals surface area contributed by atoms with Gasteiger partial charge in [-0.15, -0.1) is 0 Å². The van der Waals surface area contributed by atoms with Crippen LogP contribution in [0.25, 0.3) is 5.57 Å². The van der Waals surface area contributed by atoms with Gasteiger partial charge in [-0.05, 0) is 41.7 Å². The minimum absolute atomic E-state index is 0.00546. The molecule has 0 heterocycles. The summed E-state index contributed by atoms with van der Waals surface area (Å²) >= 11 is 0. The quantitative estimate of drug-likeness (QED) is 0.565. The molecule has 0 saturated heterocycles. The molecule has 0 unspecified atom stereocenters. The molecule has 0 bridgehead atoms. The Hall–Kier alpha value is -2.44. The highest BCUT2D eigenvalue weighted by Gasteiger charge is 2.17. The number of nitrogens with two attached hydrogens (primary N) is 3. The lowest BCUT2D eigenvalue weighted by Gasteiger charge is -2.05. The van der Waals surface area contributed by atoms with Crippen LogP contribution in [0.4, 0.5) is 8.78 Å². The number of halogens is 2. The van der Waals surface area contributed by atoms with Crippen molar-refractivity contribution in [3.8, 4) is 0 Å². The molecule has 5 nitrogen and oxygen atoms in total. The van der Waals surface area contributed by atoms with Crippen molar-refractivity contribution >= 4 is 17.5 Å². The van der Waals surface area contributed by atoms with Gasteiger partial charge in [-0.3, -0.25) is 4.99 Å². The first-order chi connectivity index (χ1) is 9.47. The molecule has 0 radical (unpaired) electrons. The van der Waals surface area contributed by atoms with Crippen LogP contribution in [0.3, 0.4) is 0 Å². The second-order valence-electron chi connectivity index (χ2n) is 4.38. The van der Waals surface area contributed by atoms with Gasteiger partial charge in [-0.25, -0.2) is 8.78 Å². The molecule has 1 aromatic carbocycles. The predicted octanol–water partition coefficient (Wildman–Crippen LogP) is 0.883. The van der Waals surface area contributed by atoms with E-state index in [1.165, 1.54) is 12.1 Å². The van der Waals surface area contributed by atoms with Crippen LogP contribution in [0.5, 0.6) is 0 Å². The molecule has 20 heavy (non-hydrogen) atoms. The lowest BCUT2D eigenvalue weighted by molar-refractivity contribution is 0.507. The van der Waals surface area contributed by atoms with Gasteiger partial charge in [0.25, 0.3) is 0 Å². The Kier molecular flexibility index (Phi) is 3.97. The van der Waals surface area contributed by atoms with Gasteiger partial charge in [0.1, 0.15) is 0 Å². The molecule has 1 aliphatic carbocycles. The van der Waals surface area contributed by atoms with Gasteiger partial charge in [0, 0.05) is 6.54 Å². The molecule has 0 fully saturated rings. The largest absolute Gasteiger partial charge is 0.370 e. The van der Waals surface area contributed by atoms with Crippen molar-refractivity contribution in [3.05, 3.63) is 41.0 Å². The van der Waals surface area contributed by atoms with Crippen LogP contribution in [0, 0.1) is 11.6 Å². The van der Waals surface area contributed by atoms with Crippen molar-refractivity contribution in [1.29, 1.82) is 0 Å². The van der Waals surface area contributed by atoms with Crippen molar-refractivity contribution in [3.63, 3.8) is 0 Å². The summed E-state index contributed by atoms with van der Waals surface area (Å²) in [5.74, 6) is -1.84. The molecule has 6 N–H and O–H groups in total. The topological polar surface area (TPSA) is 103 Å². The summed E-state index contributed by atoms with van der Waals surface area (Å²) in [5.41, 5.74) is 18.2. The molecule has 0 saturated carbocycles. The fraction of sp³-hybridized carbons (Fsp3) is 0.231. The average molecular weight is 279 g/mol. The van der Waals surface area contributed by atoms with E-state index in [0.29, 0.717) is 19.4 Å². The lowest BCUT2D eigenvalue weighted by Crippen LogP contribution is -2.26. The van der Waals surface area contributed by atoms with Crippen LogP contribution in [0.1, 0.15) is 17.5 Å². The minimum Gasteiger partial charge on any atom is -0.370 e. The molecule has 1 aliphatic rings. The van der Waals surface area contributed by atoms with E-state index >= 15 is 0 Å². The van der Waals surface area contributed by atoms with Gasteiger partial charge in [-0.1, -0.05) is 6.08 Å². The molecule has 0 aromatic heterocycles. The number of aliphatic imine (C=N–C) groups is 2. The van der Waals surface area contributed by atoms with E-state index in [-0.39, 0.29) is 11.9 Å². The number of guanidine groups is 2. The predicted molar refractivity (Wildman–Crippen MR) is 75.0 cm³/mol. The number of benzene rings is 1. The van der Waals surface area contributed by atoms with Gasteiger partial charge in [0.05, 0.1) is 0 Å². The van der Waals surface area contributed by atoms with E-state index in [4.69, 9.17) is 17.2 Å². The van der Waals surface area contributed by atoms with Crippen LogP contribution >= 0.6 is 0 Å². The third kappa shape index (κ3) is 3.11. The Balaban J connectivity index is 2.05. The number of allylic oxidation sites excluding steroid dienone is 1. The zero-order valence-corrected chi connectivity index (χ0v) is 10.7. The fourth-order valence-electron chi connectivity index (χ4n) is 2.09. The van der Waals surface area contributed by atoms with Gasteiger partial charge in [0.2, 0.25) is 5.96 Å². The number of fused-ring (bicyclic) bond motifs is 1. The van der Waals surface area contributed by atoms with Crippen LogP contribution < -0.4 is 17.2 Å². The first-order valence-corrected chi connectivity index (χ1v) is 6.04. The molecule has 106 valence electrons. The highest BCUT2D eigenvalue weighted by Crippen LogP contribution is 2.31. The van der Waals surface area contributed by atoms with Gasteiger partial charge in [0.15, 0.2) is 17.6 Å². The van der Waals surface area contributed by atoms with Gasteiger partial charge >= 0.3 is 0 Å². The summed E-state index contributed by atoms with van der Waals surface area (Å²) in [6.45, 7) is 0.368. The monoisotopic (exact) mass is 279 g/mol. The van der Waals surface area contributed by atoms with Crippen molar-refractivity contribution in [2.75, 3.05) is 6.54 Å². The van der Waals surface area contributed by atoms with E-state index < -0.39 is 11.6 Å². The SMILES string of the molecule is NC(N)=NC(N)=NCCC1=CCc2cc(F)c(F)cc21. The van der Waals surface area contributed by atoms with E-state index in [2.05, 4.69) is 9.98 Å². The van der Waals surface area contributed by atoms with Crippen LogP contribution in [-0.2, 0) is 6.42 Å². The molecule has 7 heteroatoms. The molecule has 0 amide bonds. The summed E-state index contributed by atoms with van der Waals surface area (Å²) in [5, 5.41) is 0. The molecule has 1 aromatic rings. The van der Waals surface area contributed by atoms with Crippen LogP contribution in [0.2, 0.25) is 0 Å². The Bertz CT molecular complexity index is 615. The summed E-state index contributed by atoms with van der Waals surface area (Å²) < 4.78 is 26.4. The Labute approximate surface area is 114 Å². The maximum atomic E-state index is 13.2. The zero-order valence-electron chi connectivity index (χ0n) is 10.7. The second-order valence-corrected chi connectivity index (χ2v) is 4.38. The summed E-state index contributed by atoms with van der Waals surface area (Å²) in [6, 6.07) is 2.44. The van der Waals surface area contributed by atoms with Crippen molar-refractivity contribution in [1.82, 2.24) is 0 Å². The third-order valence-electron chi connectivity index (χ3n) is 2.96. The second kappa shape index (κ2) is 5.68. The van der Waals surface area contributed by atoms with Gasteiger partial charge in [-0.2, -0.15) is 4.99 Å². The van der Waals surface area contributed by atoms with E-state index in [9.17, 15) is 8.78 Å². The Morgan fingerprint density at radius 1 is 1.15 bits per heavy atom.